The molecule has 0 spiro atoms. The van der Waals surface area contributed by atoms with Crippen molar-refractivity contribution in [1.29, 1.82) is 0 Å². The van der Waals surface area contributed by atoms with Crippen molar-refractivity contribution >= 4 is 29.0 Å². The standard InChI is InChI=1S/C30H24FNO5/c1-3-15-36-29(19-37-28-14-12-25(35-2)18-26(28)30(33)34)22-6-4-5-20(16-22)7-10-24-11-8-21-17-23(31)9-13-27(21)32-24/h1,4-14,16-18,29H,15,19H2,2H3,(H,33,34)/b10-7+. The van der Waals surface area contributed by atoms with E-state index in [9.17, 15) is 14.3 Å². The number of fused-ring (bicyclic) bond motifs is 1. The number of carboxylic acid groups (broad SMARTS) is 1. The molecule has 0 fully saturated rings. The number of rotatable bonds is 10. The van der Waals surface area contributed by atoms with Gasteiger partial charge in [-0.1, -0.05) is 36.3 Å². The summed E-state index contributed by atoms with van der Waals surface area (Å²) >= 11 is 0. The third kappa shape index (κ3) is 6.51. The van der Waals surface area contributed by atoms with Crippen LogP contribution in [0.25, 0.3) is 23.1 Å². The van der Waals surface area contributed by atoms with Crippen LogP contribution in [-0.4, -0.2) is 36.4 Å². The SMILES string of the molecule is C#CCOC(COc1ccc(OC)cc1C(=O)O)c1cccc(/C=C/c2ccc3cc(F)ccc3n2)c1. The summed E-state index contributed by atoms with van der Waals surface area (Å²) in [6.45, 7) is 0.105. The first-order valence-corrected chi connectivity index (χ1v) is 11.4. The Bertz CT molecular complexity index is 1490. The Morgan fingerprint density at radius 2 is 1.97 bits per heavy atom. The molecule has 37 heavy (non-hydrogen) atoms. The maximum absolute atomic E-state index is 13.4. The van der Waals surface area contributed by atoms with Gasteiger partial charge in [-0.3, -0.25) is 0 Å². The molecular formula is C30H24FNO5. The van der Waals surface area contributed by atoms with Gasteiger partial charge in [-0.05, 0) is 65.7 Å². The van der Waals surface area contributed by atoms with Gasteiger partial charge in [0.25, 0.3) is 0 Å². The molecule has 7 heteroatoms. The van der Waals surface area contributed by atoms with Crippen LogP contribution < -0.4 is 9.47 Å². The molecule has 0 radical (unpaired) electrons. The molecule has 6 nitrogen and oxygen atoms in total. The van der Waals surface area contributed by atoms with Crippen molar-refractivity contribution in [2.24, 2.45) is 0 Å². The van der Waals surface area contributed by atoms with Gasteiger partial charge in [0, 0.05) is 5.39 Å². The number of pyridine rings is 1. The highest BCUT2D eigenvalue weighted by molar-refractivity contribution is 5.91. The van der Waals surface area contributed by atoms with E-state index in [0.717, 1.165) is 22.2 Å². The Morgan fingerprint density at radius 1 is 1.11 bits per heavy atom. The zero-order valence-electron chi connectivity index (χ0n) is 20.1. The number of nitrogens with zero attached hydrogens (tertiary/aromatic N) is 1. The van der Waals surface area contributed by atoms with Gasteiger partial charge in [0.15, 0.2) is 0 Å². The summed E-state index contributed by atoms with van der Waals surface area (Å²) in [5.41, 5.74) is 3.12. The van der Waals surface area contributed by atoms with Crippen LogP contribution >= 0.6 is 0 Å². The molecule has 186 valence electrons. The van der Waals surface area contributed by atoms with Gasteiger partial charge < -0.3 is 19.3 Å². The summed E-state index contributed by atoms with van der Waals surface area (Å²) < 4.78 is 30.2. The minimum absolute atomic E-state index is 0.0163. The van der Waals surface area contributed by atoms with Crippen molar-refractivity contribution in [1.82, 2.24) is 4.98 Å². The van der Waals surface area contributed by atoms with Crippen LogP contribution in [0, 0.1) is 18.2 Å². The number of methoxy groups -OCH3 is 1. The molecule has 0 bridgehead atoms. The highest BCUT2D eigenvalue weighted by atomic mass is 19.1. The normalized spacial score (nSPS) is 11.8. The molecule has 1 aromatic heterocycles. The van der Waals surface area contributed by atoms with Crippen LogP contribution in [0.5, 0.6) is 11.5 Å². The summed E-state index contributed by atoms with van der Waals surface area (Å²) in [5.74, 6) is 1.64. The van der Waals surface area contributed by atoms with Crippen LogP contribution in [0.2, 0.25) is 0 Å². The van der Waals surface area contributed by atoms with E-state index in [0.29, 0.717) is 11.3 Å². The summed E-state index contributed by atoms with van der Waals surface area (Å²) in [6, 6.07) is 20.3. The number of carboxylic acids is 1. The van der Waals surface area contributed by atoms with E-state index in [1.807, 2.05) is 48.6 Å². The average Bonchev–Trinajstić information content (AvgIpc) is 2.92. The number of terminal acetylenes is 1. The number of hydrogen-bond donors (Lipinski definition) is 1. The lowest BCUT2D eigenvalue weighted by Gasteiger charge is -2.19. The second-order valence-corrected chi connectivity index (χ2v) is 8.06. The zero-order chi connectivity index (χ0) is 26.2. The molecule has 0 saturated carbocycles. The van der Waals surface area contributed by atoms with E-state index in [1.54, 1.807) is 18.2 Å². The quantitative estimate of drug-likeness (QED) is 0.270. The molecule has 1 unspecified atom stereocenters. The largest absolute Gasteiger partial charge is 0.497 e. The van der Waals surface area contributed by atoms with Crippen molar-refractivity contribution < 1.29 is 28.5 Å². The van der Waals surface area contributed by atoms with E-state index in [4.69, 9.17) is 20.6 Å². The maximum Gasteiger partial charge on any atom is 0.339 e. The van der Waals surface area contributed by atoms with Crippen molar-refractivity contribution in [2.45, 2.75) is 6.10 Å². The van der Waals surface area contributed by atoms with Crippen molar-refractivity contribution in [2.75, 3.05) is 20.3 Å². The lowest BCUT2D eigenvalue weighted by Crippen LogP contribution is -2.16. The van der Waals surface area contributed by atoms with Gasteiger partial charge in [-0.25, -0.2) is 14.2 Å². The highest BCUT2D eigenvalue weighted by Gasteiger charge is 2.17. The fourth-order valence-electron chi connectivity index (χ4n) is 3.73. The number of benzene rings is 3. The van der Waals surface area contributed by atoms with Gasteiger partial charge in [-0.15, -0.1) is 6.42 Å². The predicted molar refractivity (Wildman–Crippen MR) is 140 cm³/mol. The third-order valence-electron chi connectivity index (χ3n) is 5.58. The molecule has 0 saturated heterocycles. The summed E-state index contributed by atoms with van der Waals surface area (Å²) in [4.78, 5) is 16.2. The summed E-state index contributed by atoms with van der Waals surface area (Å²) in [6.07, 6.45) is 8.64. The number of hydrogen-bond acceptors (Lipinski definition) is 5. The van der Waals surface area contributed by atoms with Crippen molar-refractivity contribution in [3.63, 3.8) is 0 Å². The second kappa shape index (κ2) is 11.8. The van der Waals surface area contributed by atoms with Crippen LogP contribution in [0.15, 0.2) is 72.8 Å². The van der Waals surface area contributed by atoms with Gasteiger partial charge in [0.1, 0.15) is 42.2 Å². The first-order valence-electron chi connectivity index (χ1n) is 11.4. The molecule has 4 aromatic rings. The van der Waals surface area contributed by atoms with Crippen molar-refractivity contribution in [3.8, 4) is 23.8 Å². The molecule has 4 rings (SSSR count). The predicted octanol–water partition coefficient (Wildman–Crippen LogP) is 6.02. The fourth-order valence-corrected chi connectivity index (χ4v) is 3.73. The zero-order valence-corrected chi connectivity index (χ0v) is 20.1. The smallest absolute Gasteiger partial charge is 0.339 e. The van der Waals surface area contributed by atoms with Gasteiger partial charge >= 0.3 is 5.97 Å². The van der Waals surface area contributed by atoms with E-state index in [2.05, 4.69) is 10.9 Å². The minimum Gasteiger partial charge on any atom is -0.497 e. The lowest BCUT2D eigenvalue weighted by atomic mass is 10.1. The molecule has 0 aliphatic carbocycles. The molecule has 3 aromatic carbocycles. The van der Waals surface area contributed by atoms with Gasteiger partial charge in [-0.2, -0.15) is 0 Å². The molecular weight excluding hydrogens is 473 g/mol. The summed E-state index contributed by atoms with van der Waals surface area (Å²) in [7, 11) is 1.46. The Balaban J connectivity index is 1.53. The average molecular weight is 498 g/mol. The first-order chi connectivity index (χ1) is 18.0. The lowest BCUT2D eigenvalue weighted by molar-refractivity contribution is 0.0375. The number of ether oxygens (including phenoxy) is 3. The van der Waals surface area contributed by atoms with Crippen LogP contribution in [-0.2, 0) is 4.74 Å². The van der Waals surface area contributed by atoms with Gasteiger partial charge in [0.05, 0.1) is 18.3 Å². The van der Waals surface area contributed by atoms with Gasteiger partial charge in [0.2, 0.25) is 0 Å². The number of halogens is 1. The molecule has 0 amide bonds. The highest BCUT2D eigenvalue weighted by Crippen LogP contribution is 2.27. The summed E-state index contributed by atoms with van der Waals surface area (Å²) in [5, 5.41) is 10.3. The Kier molecular flexibility index (Phi) is 8.14. The third-order valence-corrected chi connectivity index (χ3v) is 5.58. The van der Waals surface area contributed by atoms with Crippen LogP contribution in [0.4, 0.5) is 4.39 Å². The first kappa shape index (κ1) is 25.4. The van der Waals surface area contributed by atoms with E-state index >= 15 is 0 Å². The topological polar surface area (TPSA) is 77.9 Å². The van der Waals surface area contributed by atoms with E-state index in [1.165, 1.54) is 25.3 Å². The fraction of sp³-hybridized carbons (Fsp3) is 0.133. The molecule has 0 aliphatic rings. The van der Waals surface area contributed by atoms with Crippen LogP contribution in [0.3, 0.4) is 0 Å². The molecule has 1 heterocycles. The number of carbonyl (C=O) groups is 1. The molecule has 0 aliphatic heterocycles. The van der Waals surface area contributed by atoms with Crippen LogP contribution in [0.1, 0.15) is 33.3 Å². The van der Waals surface area contributed by atoms with E-state index < -0.39 is 12.1 Å². The molecule has 1 atom stereocenters. The monoisotopic (exact) mass is 497 g/mol. The number of aromatic carboxylic acids is 1. The Labute approximate surface area is 214 Å². The number of aromatic nitrogens is 1. The second-order valence-electron chi connectivity index (χ2n) is 8.06. The Hall–Kier alpha value is -4.67. The minimum atomic E-state index is -1.13. The van der Waals surface area contributed by atoms with Crippen molar-refractivity contribution in [3.05, 3.63) is 101 Å². The maximum atomic E-state index is 13.4. The Morgan fingerprint density at radius 3 is 2.76 bits per heavy atom. The van der Waals surface area contributed by atoms with E-state index in [-0.39, 0.29) is 30.3 Å². The molecule has 1 N–H and O–H groups in total.